The fourth-order valence-electron chi connectivity index (χ4n) is 3.75. The summed E-state index contributed by atoms with van der Waals surface area (Å²) in [4.78, 5) is 37.9. The second-order valence-electron chi connectivity index (χ2n) is 6.61. The van der Waals surface area contributed by atoms with Gasteiger partial charge in [0.1, 0.15) is 12.4 Å². The number of methoxy groups -OCH3 is 2. The highest BCUT2D eigenvalue weighted by atomic mass is 16.5. The molecule has 2 aliphatic heterocycles. The van der Waals surface area contributed by atoms with E-state index < -0.39 is 23.1 Å². The summed E-state index contributed by atoms with van der Waals surface area (Å²) in [5, 5.41) is 3.04. The fraction of sp³-hybridized carbons (Fsp3) is 0.316. The molecule has 1 atom stereocenters. The third kappa shape index (κ3) is 2.35. The first kappa shape index (κ1) is 17.9. The number of nitrogens with zero attached hydrogens (tertiary/aromatic N) is 2. The van der Waals surface area contributed by atoms with E-state index in [0.29, 0.717) is 39.7 Å². The standard InChI is InChI=1S/C19H19N3O6/c1-21-16-15(17(23)22(2)19(21)25)13(14-10(20-16)8-28-18(14)24)9-5-6-11(26-3)12(7-9)27-4/h5-7,13,20H,8H2,1-4H3/t13-/m1/s1. The number of carbonyl (C=O) groups excluding carboxylic acids is 1. The lowest BCUT2D eigenvalue weighted by Gasteiger charge is -2.28. The van der Waals surface area contributed by atoms with Crippen molar-refractivity contribution in [2.45, 2.75) is 5.92 Å². The first-order valence-corrected chi connectivity index (χ1v) is 8.58. The molecule has 146 valence electrons. The summed E-state index contributed by atoms with van der Waals surface area (Å²) in [6.07, 6.45) is 0. The predicted molar refractivity (Wildman–Crippen MR) is 99.9 cm³/mol. The van der Waals surface area contributed by atoms with E-state index in [9.17, 15) is 14.4 Å². The zero-order valence-corrected chi connectivity index (χ0v) is 15.9. The van der Waals surface area contributed by atoms with Crippen molar-refractivity contribution in [3.8, 4) is 11.5 Å². The van der Waals surface area contributed by atoms with Crippen LogP contribution in [-0.4, -0.2) is 35.9 Å². The Morgan fingerprint density at radius 2 is 1.79 bits per heavy atom. The second kappa shape index (κ2) is 6.29. The Labute approximate surface area is 159 Å². The summed E-state index contributed by atoms with van der Waals surface area (Å²) in [5.41, 5.74) is 0.918. The van der Waals surface area contributed by atoms with Crippen LogP contribution in [0.1, 0.15) is 17.0 Å². The molecule has 0 saturated carbocycles. The molecule has 0 radical (unpaired) electrons. The largest absolute Gasteiger partial charge is 0.493 e. The third-order valence-corrected chi connectivity index (χ3v) is 5.18. The molecule has 28 heavy (non-hydrogen) atoms. The van der Waals surface area contributed by atoms with Crippen LogP contribution in [0.25, 0.3) is 0 Å². The Morgan fingerprint density at radius 3 is 2.46 bits per heavy atom. The van der Waals surface area contributed by atoms with Crippen LogP contribution in [0.5, 0.6) is 11.5 Å². The first-order valence-electron chi connectivity index (χ1n) is 8.58. The van der Waals surface area contributed by atoms with Crippen LogP contribution in [-0.2, 0) is 23.6 Å². The predicted octanol–water partition coefficient (Wildman–Crippen LogP) is 0.469. The normalized spacial score (nSPS) is 17.6. The number of hydrogen-bond donors (Lipinski definition) is 1. The van der Waals surface area contributed by atoms with Crippen LogP contribution in [0, 0.1) is 0 Å². The Morgan fingerprint density at radius 1 is 1.07 bits per heavy atom. The van der Waals surface area contributed by atoms with Gasteiger partial charge in [0.05, 0.1) is 37.0 Å². The minimum Gasteiger partial charge on any atom is -0.493 e. The smallest absolute Gasteiger partial charge is 0.337 e. The van der Waals surface area contributed by atoms with E-state index in [1.807, 2.05) is 0 Å². The van der Waals surface area contributed by atoms with E-state index in [2.05, 4.69) is 5.32 Å². The van der Waals surface area contributed by atoms with Gasteiger partial charge in [-0.25, -0.2) is 9.59 Å². The van der Waals surface area contributed by atoms with Gasteiger partial charge in [-0.1, -0.05) is 6.07 Å². The fourth-order valence-corrected chi connectivity index (χ4v) is 3.75. The van der Waals surface area contributed by atoms with Crippen LogP contribution < -0.4 is 26.0 Å². The number of aromatic nitrogens is 2. The number of esters is 1. The first-order chi connectivity index (χ1) is 13.4. The maximum absolute atomic E-state index is 13.0. The number of rotatable bonds is 3. The SMILES string of the molecule is COc1ccc([C@@H]2C3=C(COC3=O)Nc3c2c(=O)n(C)c(=O)n3C)cc1OC. The molecule has 0 saturated heterocycles. The van der Waals surface area contributed by atoms with Crippen LogP contribution in [0.15, 0.2) is 39.1 Å². The van der Waals surface area contributed by atoms with Gasteiger partial charge >= 0.3 is 11.7 Å². The number of nitrogens with one attached hydrogen (secondary N) is 1. The summed E-state index contributed by atoms with van der Waals surface area (Å²) < 4.78 is 18.2. The van der Waals surface area contributed by atoms with Gasteiger partial charge in [-0.2, -0.15) is 0 Å². The van der Waals surface area contributed by atoms with Crippen LogP contribution in [0.3, 0.4) is 0 Å². The average molecular weight is 385 g/mol. The Balaban J connectivity index is 2.05. The van der Waals surface area contributed by atoms with Crippen molar-refractivity contribution in [1.82, 2.24) is 9.13 Å². The van der Waals surface area contributed by atoms with Gasteiger partial charge in [-0.15, -0.1) is 0 Å². The Kier molecular flexibility index (Phi) is 4.02. The van der Waals surface area contributed by atoms with E-state index >= 15 is 0 Å². The molecular formula is C19H19N3O6. The van der Waals surface area contributed by atoms with Gasteiger partial charge in [0, 0.05) is 14.1 Å². The molecule has 0 unspecified atom stereocenters. The van der Waals surface area contributed by atoms with Crippen molar-refractivity contribution in [3.05, 3.63) is 61.4 Å². The van der Waals surface area contributed by atoms with Crippen molar-refractivity contribution in [3.63, 3.8) is 0 Å². The summed E-state index contributed by atoms with van der Waals surface area (Å²) in [7, 11) is 6.02. The molecule has 2 aliphatic rings. The number of carbonyl (C=O) groups is 1. The molecule has 0 bridgehead atoms. The molecule has 0 amide bonds. The van der Waals surface area contributed by atoms with E-state index in [1.54, 1.807) is 25.2 Å². The maximum Gasteiger partial charge on any atom is 0.337 e. The summed E-state index contributed by atoms with van der Waals surface area (Å²) >= 11 is 0. The van der Waals surface area contributed by atoms with Crippen molar-refractivity contribution >= 4 is 11.8 Å². The number of anilines is 1. The lowest BCUT2D eigenvalue weighted by atomic mass is 9.82. The lowest BCUT2D eigenvalue weighted by Crippen LogP contribution is -2.43. The number of ether oxygens (including phenoxy) is 3. The molecule has 3 heterocycles. The lowest BCUT2D eigenvalue weighted by molar-refractivity contribution is -0.136. The Bertz CT molecular complexity index is 1160. The van der Waals surface area contributed by atoms with Crippen molar-refractivity contribution in [2.24, 2.45) is 14.1 Å². The van der Waals surface area contributed by atoms with Gasteiger partial charge in [0.25, 0.3) is 5.56 Å². The molecule has 1 aromatic carbocycles. The van der Waals surface area contributed by atoms with Gasteiger partial charge in [0.15, 0.2) is 11.5 Å². The summed E-state index contributed by atoms with van der Waals surface area (Å²) in [6, 6.07) is 5.20. The van der Waals surface area contributed by atoms with Gasteiger partial charge in [0.2, 0.25) is 0 Å². The van der Waals surface area contributed by atoms with Crippen LogP contribution in [0.2, 0.25) is 0 Å². The van der Waals surface area contributed by atoms with Crippen molar-refractivity contribution in [2.75, 3.05) is 26.1 Å². The Hall–Kier alpha value is -3.49. The highest BCUT2D eigenvalue weighted by Gasteiger charge is 2.41. The maximum atomic E-state index is 13.0. The van der Waals surface area contributed by atoms with Crippen molar-refractivity contribution in [1.29, 1.82) is 0 Å². The van der Waals surface area contributed by atoms with Crippen LogP contribution >= 0.6 is 0 Å². The molecule has 1 N–H and O–H groups in total. The molecule has 0 spiro atoms. The number of benzene rings is 1. The molecule has 0 fully saturated rings. The van der Waals surface area contributed by atoms with E-state index in [-0.39, 0.29) is 6.61 Å². The zero-order valence-electron chi connectivity index (χ0n) is 15.9. The van der Waals surface area contributed by atoms with E-state index in [4.69, 9.17) is 14.2 Å². The molecule has 0 aliphatic carbocycles. The summed E-state index contributed by atoms with van der Waals surface area (Å²) in [6.45, 7) is 0.0563. The highest BCUT2D eigenvalue weighted by molar-refractivity contribution is 5.96. The molecular weight excluding hydrogens is 366 g/mol. The third-order valence-electron chi connectivity index (χ3n) is 5.18. The van der Waals surface area contributed by atoms with Gasteiger partial charge < -0.3 is 19.5 Å². The molecule has 9 heteroatoms. The average Bonchev–Trinajstić information content (AvgIpc) is 3.09. The topological polar surface area (TPSA) is 101 Å². The minimum absolute atomic E-state index is 0.0563. The van der Waals surface area contributed by atoms with Crippen molar-refractivity contribution < 1.29 is 19.0 Å². The molecule has 9 nitrogen and oxygen atoms in total. The van der Waals surface area contributed by atoms with Gasteiger partial charge in [-0.3, -0.25) is 13.9 Å². The molecule has 1 aromatic heterocycles. The van der Waals surface area contributed by atoms with Crippen LogP contribution in [0.4, 0.5) is 5.82 Å². The van der Waals surface area contributed by atoms with E-state index in [1.165, 1.54) is 25.8 Å². The minimum atomic E-state index is -0.702. The molecule has 2 aromatic rings. The monoisotopic (exact) mass is 385 g/mol. The van der Waals surface area contributed by atoms with Gasteiger partial charge in [-0.05, 0) is 17.7 Å². The van der Waals surface area contributed by atoms with E-state index in [0.717, 1.165) is 4.57 Å². The number of fused-ring (bicyclic) bond motifs is 1. The second-order valence-corrected chi connectivity index (χ2v) is 6.61. The number of cyclic esters (lactones) is 1. The highest BCUT2D eigenvalue weighted by Crippen LogP contribution is 2.44. The summed E-state index contributed by atoms with van der Waals surface area (Å²) in [5.74, 6) is 0.146. The number of hydrogen-bond acceptors (Lipinski definition) is 7. The molecule has 4 rings (SSSR count). The zero-order chi connectivity index (χ0) is 20.2. The quantitative estimate of drug-likeness (QED) is 0.767.